The first-order valence-corrected chi connectivity index (χ1v) is 20.9. The number of rotatable bonds is 6. The number of fused-ring (bicyclic) bond motifs is 4. The maximum atomic E-state index is 5.40. The molecule has 0 spiro atoms. The summed E-state index contributed by atoms with van der Waals surface area (Å²) in [4.78, 5) is 15.9. The largest absolute Gasteiger partial charge is 0.292 e. The minimum Gasteiger partial charge on any atom is -0.292 e. The quantitative estimate of drug-likeness (QED) is 0.170. The zero-order valence-electron chi connectivity index (χ0n) is 31.0. The molecule has 0 atom stereocenters. The monoisotopic (exact) mass is 748 g/mol. The highest BCUT2D eigenvalue weighted by atomic mass is 32.3. The van der Waals surface area contributed by atoms with Gasteiger partial charge in [0.2, 0.25) is 0 Å². The molecule has 11 rings (SSSR count). The third-order valence-electron chi connectivity index (χ3n) is 11.0. The Morgan fingerprint density at radius 2 is 0.702 bits per heavy atom. The molecule has 0 unspecified atom stereocenters. The van der Waals surface area contributed by atoms with Crippen molar-refractivity contribution in [1.29, 1.82) is 0 Å². The van der Waals surface area contributed by atoms with Crippen LogP contribution in [-0.2, 0) is 0 Å². The SMILES string of the molecule is C1=Cc2c(-c3nc4ccccc4n3-c3ccccc3)cccc2S(c2ccccc2)(c2ccccc2)c2cccc(-c3nc4ccccc4n3-c3ccccc3)c21. The van der Waals surface area contributed by atoms with E-state index in [1.165, 1.54) is 19.6 Å². The molecular formula is C52H36N4S. The van der Waals surface area contributed by atoms with Crippen LogP contribution in [0.25, 0.3) is 68.4 Å². The normalized spacial score (nSPS) is 13.5. The van der Waals surface area contributed by atoms with Crippen LogP contribution < -0.4 is 0 Å². The first kappa shape index (κ1) is 33.2. The van der Waals surface area contributed by atoms with Crippen molar-refractivity contribution in [2.75, 3.05) is 0 Å². The summed E-state index contributed by atoms with van der Waals surface area (Å²) in [7, 11) is -2.12. The lowest BCUT2D eigenvalue weighted by molar-refractivity contribution is 1.10. The standard InChI is InChI=1S/C52H36N4S/c1-5-19-37(20-6-1)55-47-31-15-13-29-45(47)53-51(55)43-27-17-33-49-41(43)35-36-42-44(52-54-46-30-14-16-32-48(46)56(52)38-21-7-2-8-22-38)28-18-34-50(42)57(49,39-23-9-3-10-24-39)40-25-11-4-12-26-40/h1-36H. The summed E-state index contributed by atoms with van der Waals surface area (Å²) in [5, 5.41) is 0. The second-order valence-electron chi connectivity index (χ2n) is 14.2. The molecule has 1 aliphatic heterocycles. The summed E-state index contributed by atoms with van der Waals surface area (Å²) < 4.78 is 4.62. The van der Waals surface area contributed by atoms with Gasteiger partial charge in [-0.2, -0.15) is 0 Å². The van der Waals surface area contributed by atoms with Crippen molar-refractivity contribution in [3.63, 3.8) is 0 Å². The molecule has 1 aliphatic rings. The fraction of sp³-hybridized carbons (Fsp3) is 0. The van der Waals surface area contributed by atoms with Crippen molar-refractivity contribution in [2.45, 2.75) is 19.6 Å². The second kappa shape index (κ2) is 13.5. The van der Waals surface area contributed by atoms with Gasteiger partial charge in [-0.1, -0.05) is 133 Å². The summed E-state index contributed by atoms with van der Waals surface area (Å²) in [5.41, 5.74) is 10.7. The highest BCUT2D eigenvalue weighted by molar-refractivity contribution is 8.34. The van der Waals surface area contributed by atoms with Gasteiger partial charge >= 0.3 is 0 Å². The number of nitrogens with zero attached hydrogens (tertiary/aromatic N) is 4. The fourth-order valence-electron chi connectivity index (χ4n) is 8.62. The smallest absolute Gasteiger partial charge is 0.146 e. The Morgan fingerprint density at radius 1 is 0.333 bits per heavy atom. The number of imidazole rings is 2. The van der Waals surface area contributed by atoms with E-state index in [1.54, 1.807) is 0 Å². The summed E-state index contributed by atoms with van der Waals surface area (Å²) in [5.74, 6) is 1.82. The van der Waals surface area contributed by atoms with Crippen LogP contribution in [0, 0.1) is 0 Å². The zero-order chi connectivity index (χ0) is 37.8. The first-order valence-electron chi connectivity index (χ1n) is 19.2. The topological polar surface area (TPSA) is 35.6 Å². The van der Waals surface area contributed by atoms with E-state index in [-0.39, 0.29) is 0 Å². The molecule has 5 heteroatoms. The van der Waals surface area contributed by atoms with Crippen molar-refractivity contribution in [2.24, 2.45) is 0 Å². The lowest BCUT2D eigenvalue weighted by Gasteiger charge is -2.43. The van der Waals surface area contributed by atoms with Crippen LogP contribution in [0.4, 0.5) is 0 Å². The van der Waals surface area contributed by atoms with Crippen LogP contribution in [0.2, 0.25) is 0 Å². The Kier molecular flexibility index (Phi) is 7.86. The molecule has 2 aromatic heterocycles. The van der Waals surface area contributed by atoms with E-state index < -0.39 is 10.0 Å². The lowest BCUT2D eigenvalue weighted by atomic mass is 10.0. The van der Waals surface area contributed by atoms with Crippen molar-refractivity contribution in [1.82, 2.24) is 19.1 Å². The maximum Gasteiger partial charge on any atom is 0.146 e. The second-order valence-corrected chi connectivity index (χ2v) is 17.2. The molecule has 0 fully saturated rings. The molecule has 0 saturated heterocycles. The molecule has 0 N–H and O–H groups in total. The van der Waals surface area contributed by atoms with Crippen LogP contribution >= 0.6 is 10.0 Å². The van der Waals surface area contributed by atoms with Crippen LogP contribution in [0.1, 0.15) is 11.1 Å². The van der Waals surface area contributed by atoms with Crippen LogP contribution in [0.3, 0.4) is 0 Å². The molecule has 10 aromatic rings. The predicted molar refractivity (Wildman–Crippen MR) is 235 cm³/mol. The number of hydrogen-bond donors (Lipinski definition) is 0. The Morgan fingerprint density at radius 3 is 1.12 bits per heavy atom. The van der Waals surface area contributed by atoms with Gasteiger partial charge in [0.15, 0.2) is 0 Å². The molecule has 8 aromatic carbocycles. The summed E-state index contributed by atoms with van der Waals surface area (Å²) in [6.45, 7) is 0. The molecule has 4 nitrogen and oxygen atoms in total. The third kappa shape index (κ3) is 5.17. The van der Waals surface area contributed by atoms with Gasteiger partial charge in [-0.15, -0.1) is 10.0 Å². The highest BCUT2D eigenvalue weighted by Gasteiger charge is 2.39. The molecule has 3 heterocycles. The van der Waals surface area contributed by atoms with Gasteiger partial charge in [0, 0.05) is 42.1 Å². The van der Waals surface area contributed by atoms with Gasteiger partial charge in [0.05, 0.1) is 22.1 Å². The van der Waals surface area contributed by atoms with Gasteiger partial charge in [0.25, 0.3) is 0 Å². The lowest BCUT2D eigenvalue weighted by Crippen LogP contribution is -2.09. The Bertz CT molecular complexity index is 2900. The average Bonchev–Trinajstić information content (AvgIpc) is 3.82. The van der Waals surface area contributed by atoms with Crippen LogP contribution in [0.15, 0.2) is 226 Å². The molecule has 0 amide bonds. The fourth-order valence-corrected chi connectivity index (χ4v) is 12.9. The molecule has 57 heavy (non-hydrogen) atoms. The molecule has 0 bridgehead atoms. The number of hydrogen-bond acceptors (Lipinski definition) is 2. The first-order chi connectivity index (χ1) is 28.3. The van der Waals surface area contributed by atoms with Gasteiger partial charge < -0.3 is 0 Å². The summed E-state index contributed by atoms with van der Waals surface area (Å²) in [6.07, 6.45) is 4.69. The van der Waals surface area contributed by atoms with E-state index in [2.05, 4.69) is 228 Å². The average molecular weight is 749 g/mol. The molecule has 0 saturated carbocycles. The third-order valence-corrected chi connectivity index (χ3v) is 15.0. The van der Waals surface area contributed by atoms with E-state index >= 15 is 0 Å². The van der Waals surface area contributed by atoms with Gasteiger partial charge in [-0.05, 0) is 96.1 Å². The van der Waals surface area contributed by atoms with E-state index in [1.807, 2.05) is 0 Å². The molecule has 0 aliphatic carbocycles. The number of aromatic nitrogens is 4. The predicted octanol–water partition coefficient (Wildman–Crippen LogP) is 13.5. The number of benzene rings is 8. The van der Waals surface area contributed by atoms with Crippen molar-refractivity contribution >= 4 is 44.2 Å². The van der Waals surface area contributed by atoms with Crippen LogP contribution in [-0.4, -0.2) is 19.1 Å². The van der Waals surface area contributed by atoms with E-state index in [0.29, 0.717) is 0 Å². The Hall–Kier alpha value is -7.21. The van der Waals surface area contributed by atoms with Crippen molar-refractivity contribution in [3.8, 4) is 34.2 Å². The van der Waals surface area contributed by atoms with E-state index in [0.717, 1.165) is 67.3 Å². The Balaban J connectivity index is 1.28. The summed E-state index contributed by atoms with van der Waals surface area (Å²) in [6, 6.07) is 74.0. The zero-order valence-corrected chi connectivity index (χ0v) is 31.8. The minimum atomic E-state index is -2.12. The Labute approximate surface area is 333 Å². The van der Waals surface area contributed by atoms with Gasteiger partial charge in [-0.3, -0.25) is 9.13 Å². The van der Waals surface area contributed by atoms with Crippen molar-refractivity contribution in [3.05, 3.63) is 217 Å². The highest BCUT2D eigenvalue weighted by Crippen LogP contribution is 2.76. The van der Waals surface area contributed by atoms with Crippen LogP contribution in [0.5, 0.6) is 0 Å². The maximum absolute atomic E-state index is 5.40. The van der Waals surface area contributed by atoms with Gasteiger partial charge in [0.1, 0.15) is 11.6 Å². The van der Waals surface area contributed by atoms with Crippen molar-refractivity contribution < 1.29 is 0 Å². The van der Waals surface area contributed by atoms with E-state index in [9.17, 15) is 0 Å². The molecular weight excluding hydrogens is 713 g/mol. The molecule has 270 valence electrons. The minimum absolute atomic E-state index is 0.912. The van der Waals surface area contributed by atoms with Gasteiger partial charge in [-0.25, -0.2) is 9.97 Å². The van der Waals surface area contributed by atoms with E-state index in [4.69, 9.17) is 9.97 Å². The molecule has 0 radical (unpaired) electrons. The number of para-hydroxylation sites is 6. The summed E-state index contributed by atoms with van der Waals surface area (Å²) >= 11 is 0.